The van der Waals surface area contributed by atoms with Crippen molar-refractivity contribution >= 4 is 45.9 Å². The highest BCUT2D eigenvalue weighted by Gasteiger charge is 2.15. The largest absolute Gasteiger partial charge is 0.490 e. The van der Waals surface area contributed by atoms with Crippen LogP contribution in [-0.2, 0) is 20.1 Å². The van der Waals surface area contributed by atoms with Gasteiger partial charge in [-0.15, -0.1) is 24.0 Å². The molecule has 0 atom stereocenters. The molecule has 3 rings (SSSR count). The first-order valence-corrected chi connectivity index (χ1v) is 9.48. The molecule has 27 heavy (non-hydrogen) atoms. The summed E-state index contributed by atoms with van der Waals surface area (Å²) in [7, 11) is 5.87. The maximum atomic E-state index is 5.89. The van der Waals surface area contributed by atoms with Crippen LogP contribution in [0, 0.1) is 0 Å². The first-order chi connectivity index (χ1) is 12.6. The van der Waals surface area contributed by atoms with Gasteiger partial charge in [-0.2, -0.15) is 0 Å². The number of nitrogens with one attached hydrogen (secondary N) is 1. The molecule has 0 radical (unpaired) electrons. The molecule has 2 heterocycles. The number of hydrogen-bond acceptors (Lipinski definition) is 3. The summed E-state index contributed by atoms with van der Waals surface area (Å²) in [5.41, 5.74) is 2.27. The van der Waals surface area contributed by atoms with Gasteiger partial charge in [0.15, 0.2) is 17.5 Å². The van der Waals surface area contributed by atoms with Crippen LogP contribution in [0.2, 0.25) is 0 Å². The lowest BCUT2D eigenvalue weighted by Gasteiger charge is -2.23. The number of guanidine groups is 1. The Kier molecular flexibility index (Phi) is 8.28. The number of ether oxygens (including phenoxy) is 2. The van der Waals surface area contributed by atoms with Crippen molar-refractivity contribution in [3.8, 4) is 11.5 Å². The predicted octanol–water partition coefficient (Wildman–Crippen LogP) is 3.77. The SMILES string of the molecule is CN=C(NCc1cccc2c1OCCCO2)N(C)Cc1cc(Br)cn1C.I. The van der Waals surface area contributed by atoms with Gasteiger partial charge < -0.3 is 24.3 Å². The molecule has 1 aromatic heterocycles. The Morgan fingerprint density at radius 3 is 2.81 bits per heavy atom. The van der Waals surface area contributed by atoms with E-state index < -0.39 is 0 Å². The maximum Gasteiger partial charge on any atom is 0.194 e. The number of rotatable bonds is 4. The summed E-state index contributed by atoms with van der Waals surface area (Å²) in [6, 6.07) is 8.13. The molecule has 0 saturated heterocycles. The zero-order chi connectivity index (χ0) is 18.5. The van der Waals surface area contributed by atoms with E-state index in [0.717, 1.165) is 40.5 Å². The normalized spacial score (nSPS) is 13.6. The molecule has 1 N–H and O–H groups in total. The van der Waals surface area contributed by atoms with Crippen LogP contribution in [-0.4, -0.2) is 42.7 Å². The Morgan fingerprint density at radius 1 is 1.33 bits per heavy atom. The molecule has 8 heteroatoms. The molecule has 148 valence electrons. The first-order valence-electron chi connectivity index (χ1n) is 8.68. The highest BCUT2D eigenvalue weighted by Crippen LogP contribution is 2.33. The van der Waals surface area contributed by atoms with Crippen molar-refractivity contribution in [2.75, 3.05) is 27.3 Å². The van der Waals surface area contributed by atoms with E-state index in [9.17, 15) is 0 Å². The molecule has 2 aromatic rings. The number of benzene rings is 1. The lowest BCUT2D eigenvalue weighted by Crippen LogP contribution is -2.38. The van der Waals surface area contributed by atoms with Crippen LogP contribution in [0.15, 0.2) is 39.9 Å². The monoisotopic (exact) mass is 548 g/mol. The third-order valence-corrected chi connectivity index (χ3v) is 4.77. The Balaban J connectivity index is 0.00000261. The minimum atomic E-state index is 0. The van der Waals surface area contributed by atoms with Crippen LogP contribution < -0.4 is 14.8 Å². The molecule has 0 saturated carbocycles. The number of fused-ring (bicyclic) bond motifs is 1. The Bertz CT molecular complexity index is 794. The van der Waals surface area contributed by atoms with Gasteiger partial charge in [-0.05, 0) is 28.1 Å². The van der Waals surface area contributed by atoms with Gasteiger partial charge in [0.1, 0.15) is 0 Å². The van der Waals surface area contributed by atoms with E-state index in [1.807, 2.05) is 26.2 Å². The fourth-order valence-corrected chi connectivity index (χ4v) is 3.56. The van der Waals surface area contributed by atoms with Crippen LogP contribution in [0.25, 0.3) is 0 Å². The minimum Gasteiger partial charge on any atom is -0.490 e. The molecule has 0 spiro atoms. The van der Waals surface area contributed by atoms with Crippen molar-refractivity contribution in [2.24, 2.45) is 12.0 Å². The van der Waals surface area contributed by atoms with E-state index in [0.29, 0.717) is 19.8 Å². The lowest BCUT2D eigenvalue weighted by atomic mass is 10.2. The molecular weight excluding hydrogens is 523 g/mol. The molecule has 1 aliphatic rings. The van der Waals surface area contributed by atoms with Crippen LogP contribution in [0.3, 0.4) is 0 Å². The molecule has 0 bridgehead atoms. The Morgan fingerprint density at radius 2 is 2.11 bits per heavy atom. The van der Waals surface area contributed by atoms with E-state index in [1.54, 1.807) is 7.05 Å². The molecular formula is C19H26BrIN4O2. The second-order valence-electron chi connectivity index (χ2n) is 6.31. The van der Waals surface area contributed by atoms with E-state index in [1.165, 1.54) is 5.69 Å². The Labute approximate surface area is 186 Å². The highest BCUT2D eigenvalue weighted by atomic mass is 127. The van der Waals surface area contributed by atoms with Gasteiger partial charge in [-0.25, -0.2) is 0 Å². The lowest BCUT2D eigenvalue weighted by molar-refractivity contribution is 0.296. The summed E-state index contributed by atoms with van der Waals surface area (Å²) in [6.45, 7) is 2.76. The van der Waals surface area contributed by atoms with E-state index in [4.69, 9.17) is 9.47 Å². The van der Waals surface area contributed by atoms with Crippen molar-refractivity contribution in [3.63, 3.8) is 0 Å². The van der Waals surface area contributed by atoms with Gasteiger partial charge in [-0.1, -0.05) is 12.1 Å². The number of para-hydroxylation sites is 1. The van der Waals surface area contributed by atoms with Crippen molar-refractivity contribution in [2.45, 2.75) is 19.5 Å². The minimum absolute atomic E-state index is 0. The number of aromatic nitrogens is 1. The van der Waals surface area contributed by atoms with Crippen LogP contribution in [0.4, 0.5) is 0 Å². The van der Waals surface area contributed by atoms with Crippen molar-refractivity contribution in [3.05, 3.63) is 46.2 Å². The van der Waals surface area contributed by atoms with Crippen molar-refractivity contribution in [1.82, 2.24) is 14.8 Å². The van der Waals surface area contributed by atoms with E-state index in [-0.39, 0.29) is 24.0 Å². The smallest absolute Gasteiger partial charge is 0.194 e. The van der Waals surface area contributed by atoms with Gasteiger partial charge >= 0.3 is 0 Å². The summed E-state index contributed by atoms with van der Waals surface area (Å²) >= 11 is 3.52. The van der Waals surface area contributed by atoms with E-state index >= 15 is 0 Å². The zero-order valence-corrected chi connectivity index (χ0v) is 19.8. The predicted molar refractivity (Wildman–Crippen MR) is 122 cm³/mol. The van der Waals surface area contributed by atoms with E-state index in [2.05, 4.69) is 54.0 Å². The fourth-order valence-electron chi connectivity index (χ4n) is 2.99. The molecule has 0 unspecified atom stereocenters. The molecule has 0 amide bonds. The van der Waals surface area contributed by atoms with Crippen molar-refractivity contribution in [1.29, 1.82) is 0 Å². The van der Waals surface area contributed by atoms with Crippen LogP contribution in [0.1, 0.15) is 17.7 Å². The fraction of sp³-hybridized carbons (Fsp3) is 0.421. The number of hydrogen-bond donors (Lipinski definition) is 1. The molecule has 6 nitrogen and oxygen atoms in total. The molecule has 1 aromatic carbocycles. The topological polar surface area (TPSA) is 51.0 Å². The first kappa shape index (κ1) is 21.9. The number of aliphatic imine (C=N–C) groups is 1. The van der Waals surface area contributed by atoms with Crippen molar-refractivity contribution < 1.29 is 9.47 Å². The quantitative estimate of drug-likeness (QED) is 0.359. The molecule has 0 fully saturated rings. The summed E-state index contributed by atoms with van der Waals surface area (Å²) in [4.78, 5) is 6.50. The third kappa shape index (κ3) is 5.54. The van der Waals surface area contributed by atoms with Gasteiger partial charge in [0.05, 0.1) is 19.8 Å². The molecule has 1 aliphatic heterocycles. The summed E-state index contributed by atoms with van der Waals surface area (Å²) in [6.07, 6.45) is 2.95. The van der Waals surface area contributed by atoms with Gasteiger partial charge in [0.25, 0.3) is 0 Å². The van der Waals surface area contributed by atoms with Crippen LogP contribution in [0.5, 0.6) is 11.5 Å². The average Bonchev–Trinajstić information content (AvgIpc) is 2.82. The molecule has 0 aliphatic carbocycles. The second-order valence-corrected chi connectivity index (χ2v) is 7.23. The van der Waals surface area contributed by atoms with Gasteiger partial charge in [0.2, 0.25) is 0 Å². The number of nitrogens with zero attached hydrogens (tertiary/aromatic N) is 3. The standard InChI is InChI=1S/C19H25BrN4O2.HI/c1-21-19(24(3)13-16-10-15(20)12-23(16)2)22-11-14-6-4-7-17-18(14)26-9-5-8-25-17;/h4,6-7,10,12H,5,8-9,11,13H2,1-3H3,(H,21,22);1H. The highest BCUT2D eigenvalue weighted by molar-refractivity contribution is 14.0. The maximum absolute atomic E-state index is 5.89. The summed E-state index contributed by atoms with van der Waals surface area (Å²) in [5, 5.41) is 3.42. The van der Waals surface area contributed by atoms with Gasteiger partial charge in [0, 0.05) is 56.0 Å². The van der Waals surface area contributed by atoms with Gasteiger partial charge in [-0.3, -0.25) is 4.99 Å². The van der Waals surface area contributed by atoms with Crippen LogP contribution >= 0.6 is 39.9 Å². The Hall–Kier alpha value is -1.42. The zero-order valence-electron chi connectivity index (χ0n) is 15.9. The third-order valence-electron chi connectivity index (χ3n) is 4.34. The number of aryl methyl sites for hydroxylation is 1. The summed E-state index contributed by atoms with van der Waals surface area (Å²) in [5.74, 6) is 2.48. The number of halogens is 2. The second kappa shape index (κ2) is 10.2. The summed E-state index contributed by atoms with van der Waals surface area (Å²) < 4.78 is 14.8. The average molecular weight is 549 g/mol.